The summed E-state index contributed by atoms with van der Waals surface area (Å²) in [4.78, 5) is 8.03. The second-order valence-electron chi connectivity index (χ2n) is 6.65. The smallest absolute Gasteiger partial charge is 0.0864 e. The van der Waals surface area contributed by atoms with Crippen LogP contribution in [0.5, 0.6) is 0 Å². The Hall–Kier alpha value is -2.29. The minimum Gasteiger partial charge on any atom is -0.381 e. The number of fused-ring (bicyclic) bond motifs is 1. The third-order valence-electron chi connectivity index (χ3n) is 4.78. The molecule has 3 heteroatoms. The molecule has 0 saturated heterocycles. The second-order valence-corrected chi connectivity index (χ2v) is 6.65. The predicted molar refractivity (Wildman–Crippen MR) is 96.8 cm³/mol. The van der Waals surface area contributed by atoms with E-state index in [0.29, 0.717) is 6.04 Å². The van der Waals surface area contributed by atoms with Crippen molar-refractivity contribution in [3.8, 4) is 11.4 Å². The highest BCUT2D eigenvalue weighted by atomic mass is 14.9. The molecule has 4 rings (SSSR count). The van der Waals surface area contributed by atoms with Crippen molar-refractivity contribution in [2.24, 2.45) is 0 Å². The minimum atomic E-state index is 0.607. The molecule has 1 aliphatic rings. The summed E-state index contributed by atoms with van der Waals surface area (Å²) in [7, 11) is 0. The molecule has 0 spiro atoms. The summed E-state index contributed by atoms with van der Waals surface area (Å²) in [5, 5.41) is 5.03. The molecule has 1 aromatic carbocycles. The molecule has 0 amide bonds. The summed E-state index contributed by atoms with van der Waals surface area (Å²) in [6.07, 6.45) is 8.47. The first kappa shape index (κ1) is 14.3. The predicted octanol–water partition coefficient (Wildman–Crippen LogP) is 5.28. The van der Waals surface area contributed by atoms with Gasteiger partial charge in [-0.1, -0.05) is 25.3 Å². The number of hydrogen-bond donors (Lipinski definition) is 2. The van der Waals surface area contributed by atoms with Gasteiger partial charge in [0.05, 0.1) is 22.6 Å². The first-order valence-corrected chi connectivity index (χ1v) is 8.61. The van der Waals surface area contributed by atoms with Crippen molar-refractivity contribution < 1.29 is 0 Å². The number of nitrogens with one attached hydrogen (secondary N) is 2. The second kappa shape index (κ2) is 6.07. The number of aromatic amines is 1. The molecule has 118 valence electrons. The van der Waals surface area contributed by atoms with Gasteiger partial charge in [0.15, 0.2) is 0 Å². The Balaban J connectivity index is 1.73. The lowest BCUT2D eigenvalue weighted by Crippen LogP contribution is -2.22. The first-order valence-electron chi connectivity index (χ1n) is 8.61. The van der Waals surface area contributed by atoms with Crippen LogP contribution in [-0.2, 0) is 0 Å². The zero-order valence-electron chi connectivity index (χ0n) is 13.6. The lowest BCUT2D eigenvalue weighted by atomic mass is 9.95. The average Bonchev–Trinajstić information content (AvgIpc) is 3.01. The molecule has 0 aliphatic heterocycles. The molecule has 3 aromatic rings. The van der Waals surface area contributed by atoms with Crippen LogP contribution in [0.4, 0.5) is 5.69 Å². The number of aromatic nitrogens is 2. The van der Waals surface area contributed by atoms with Crippen LogP contribution in [0.1, 0.15) is 37.7 Å². The van der Waals surface area contributed by atoms with Crippen LogP contribution in [0.2, 0.25) is 0 Å². The molecule has 0 unspecified atom stereocenters. The summed E-state index contributed by atoms with van der Waals surface area (Å²) < 4.78 is 0. The van der Waals surface area contributed by atoms with Crippen LogP contribution >= 0.6 is 0 Å². The van der Waals surface area contributed by atoms with Crippen molar-refractivity contribution in [3.63, 3.8) is 0 Å². The van der Waals surface area contributed by atoms with E-state index in [1.165, 1.54) is 54.3 Å². The van der Waals surface area contributed by atoms with Gasteiger partial charge in [0.2, 0.25) is 0 Å². The molecule has 3 nitrogen and oxygen atoms in total. The third-order valence-corrected chi connectivity index (χ3v) is 4.78. The van der Waals surface area contributed by atoms with Crippen LogP contribution in [0, 0.1) is 6.92 Å². The minimum absolute atomic E-state index is 0.607. The number of benzene rings is 1. The van der Waals surface area contributed by atoms with Gasteiger partial charge < -0.3 is 10.3 Å². The monoisotopic (exact) mass is 305 g/mol. The van der Waals surface area contributed by atoms with Gasteiger partial charge in [0, 0.05) is 17.6 Å². The average molecular weight is 305 g/mol. The number of nitrogens with zero attached hydrogens (tertiary/aromatic N) is 1. The molecule has 0 atom stereocenters. The zero-order chi connectivity index (χ0) is 15.6. The van der Waals surface area contributed by atoms with Crippen molar-refractivity contribution in [3.05, 3.63) is 48.2 Å². The van der Waals surface area contributed by atoms with Gasteiger partial charge in [-0.05, 0) is 55.7 Å². The number of aryl methyl sites for hydroxylation is 1. The maximum atomic E-state index is 4.46. The summed E-state index contributed by atoms with van der Waals surface area (Å²) >= 11 is 0. The van der Waals surface area contributed by atoms with E-state index in [1.54, 1.807) is 0 Å². The van der Waals surface area contributed by atoms with Gasteiger partial charge in [-0.15, -0.1) is 0 Å². The highest BCUT2D eigenvalue weighted by Gasteiger charge is 2.15. The van der Waals surface area contributed by atoms with Crippen molar-refractivity contribution in [1.29, 1.82) is 0 Å². The van der Waals surface area contributed by atoms with E-state index in [1.807, 2.05) is 24.4 Å². The van der Waals surface area contributed by atoms with Gasteiger partial charge >= 0.3 is 0 Å². The fourth-order valence-electron chi connectivity index (χ4n) is 3.63. The highest BCUT2D eigenvalue weighted by Crippen LogP contribution is 2.31. The first-order chi connectivity index (χ1) is 11.3. The number of H-pyrrole nitrogens is 1. The summed E-state index contributed by atoms with van der Waals surface area (Å²) in [5.74, 6) is 0. The fourth-order valence-corrected chi connectivity index (χ4v) is 3.63. The fraction of sp³-hybridized carbons (Fsp3) is 0.350. The van der Waals surface area contributed by atoms with Crippen molar-refractivity contribution >= 4 is 16.6 Å². The molecule has 0 radical (unpaired) electrons. The number of hydrogen-bond acceptors (Lipinski definition) is 2. The van der Waals surface area contributed by atoms with Gasteiger partial charge in [-0.25, -0.2) is 0 Å². The van der Waals surface area contributed by atoms with Crippen LogP contribution < -0.4 is 5.32 Å². The molecule has 2 heterocycles. The van der Waals surface area contributed by atoms with Gasteiger partial charge in [-0.3, -0.25) is 4.98 Å². The molecule has 1 fully saturated rings. The Morgan fingerprint density at radius 2 is 1.96 bits per heavy atom. The topological polar surface area (TPSA) is 40.7 Å². The van der Waals surface area contributed by atoms with E-state index in [0.717, 1.165) is 11.4 Å². The van der Waals surface area contributed by atoms with Crippen LogP contribution in [0.25, 0.3) is 22.3 Å². The molecule has 23 heavy (non-hydrogen) atoms. The Morgan fingerprint density at radius 3 is 2.74 bits per heavy atom. The van der Waals surface area contributed by atoms with E-state index in [2.05, 4.69) is 40.4 Å². The van der Waals surface area contributed by atoms with Gasteiger partial charge in [0.25, 0.3) is 0 Å². The van der Waals surface area contributed by atoms with E-state index < -0.39 is 0 Å². The SMILES string of the molecule is Cc1cc(NC2CCCCC2)c2[nH]c(-c3ccccn3)cc2c1. The van der Waals surface area contributed by atoms with Crippen molar-refractivity contribution in [2.45, 2.75) is 45.1 Å². The molecule has 1 aliphatic carbocycles. The summed E-state index contributed by atoms with van der Waals surface area (Å²) in [5.41, 5.74) is 5.79. The van der Waals surface area contributed by atoms with Crippen molar-refractivity contribution in [1.82, 2.24) is 9.97 Å². The molecule has 2 N–H and O–H groups in total. The van der Waals surface area contributed by atoms with Crippen LogP contribution in [0.3, 0.4) is 0 Å². The van der Waals surface area contributed by atoms with Crippen LogP contribution in [-0.4, -0.2) is 16.0 Å². The number of rotatable bonds is 3. The Kier molecular flexibility index (Phi) is 3.78. The van der Waals surface area contributed by atoms with Gasteiger partial charge in [0.1, 0.15) is 0 Å². The normalized spacial score (nSPS) is 15.9. The zero-order valence-corrected chi connectivity index (χ0v) is 13.6. The maximum absolute atomic E-state index is 4.46. The molecule has 1 saturated carbocycles. The Morgan fingerprint density at radius 1 is 1.09 bits per heavy atom. The highest BCUT2D eigenvalue weighted by molar-refractivity contribution is 5.95. The quantitative estimate of drug-likeness (QED) is 0.691. The summed E-state index contributed by atoms with van der Waals surface area (Å²) in [6.45, 7) is 2.17. The molecule has 0 bridgehead atoms. The Labute approximate surface area is 137 Å². The maximum Gasteiger partial charge on any atom is 0.0864 e. The van der Waals surface area contributed by atoms with E-state index in [9.17, 15) is 0 Å². The Bertz CT molecular complexity index is 798. The third kappa shape index (κ3) is 2.96. The molecular formula is C20H23N3. The lowest BCUT2D eigenvalue weighted by molar-refractivity contribution is 0.463. The summed E-state index contributed by atoms with van der Waals surface area (Å²) in [6, 6.07) is 13.3. The lowest BCUT2D eigenvalue weighted by Gasteiger charge is -2.24. The van der Waals surface area contributed by atoms with E-state index in [4.69, 9.17) is 0 Å². The molecule has 2 aromatic heterocycles. The van der Waals surface area contributed by atoms with Gasteiger partial charge in [-0.2, -0.15) is 0 Å². The number of pyridine rings is 1. The number of anilines is 1. The van der Waals surface area contributed by atoms with Crippen molar-refractivity contribution in [2.75, 3.05) is 5.32 Å². The van der Waals surface area contributed by atoms with Crippen LogP contribution in [0.15, 0.2) is 42.6 Å². The largest absolute Gasteiger partial charge is 0.381 e. The van der Waals surface area contributed by atoms with E-state index in [-0.39, 0.29) is 0 Å². The van der Waals surface area contributed by atoms with E-state index >= 15 is 0 Å². The molecular weight excluding hydrogens is 282 g/mol. The standard InChI is InChI=1S/C20H23N3/c1-14-11-15-13-18(17-9-5-6-10-21-17)23-20(15)19(12-14)22-16-7-3-2-4-8-16/h5-6,9-13,16,22-23H,2-4,7-8H2,1H3.